The Labute approximate surface area is 125 Å². The third kappa shape index (κ3) is 2.93. The van der Waals surface area contributed by atoms with E-state index >= 15 is 0 Å². The van der Waals surface area contributed by atoms with E-state index in [1.54, 1.807) is 6.07 Å². The van der Waals surface area contributed by atoms with Crippen molar-refractivity contribution >= 4 is 37.8 Å². The number of carbonyl (C=O) groups excluding carboxylic acids is 1. The quantitative estimate of drug-likeness (QED) is 0.743. The fraction of sp³-hybridized carbons (Fsp3) is 0.0833. The highest BCUT2D eigenvalue weighted by Gasteiger charge is 2.14. The molecule has 0 spiro atoms. The maximum Gasteiger partial charge on any atom is 0.362 e. The summed E-state index contributed by atoms with van der Waals surface area (Å²) in [6.45, 7) is 0. The minimum Gasteiger partial charge on any atom is -0.464 e. The number of hydrogen-bond donors (Lipinski definition) is 0. The molecule has 0 unspecified atom stereocenters. The minimum absolute atomic E-state index is 0.250. The highest BCUT2D eigenvalue weighted by atomic mass is 79.9. The molecule has 0 amide bonds. The first-order valence-electron chi connectivity index (χ1n) is 5.16. The SMILES string of the molecule is COC(=O)c1nn(-c2ccc(Br)cc2Br)ccc1=O. The number of hydrogen-bond acceptors (Lipinski definition) is 4. The van der Waals surface area contributed by atoms with Gasteiger partial charge in [-0.05, 0) is 34.1 Å². The first-order valence-corrected chi connectivity index (χ1v) is 6.75. The molecule has 7 heteroatoms. The zero-order chi connectivity index (χ0) is 14.0. The van der Waals surface area contributed by atoms with Crippen molar-refractivity contribution in [1.82, 2.24) is 9.78 Å². The van der Waals surface area contributed by atoms with Gasteiger partial charge in [-0.2, -0.15) is 5.10 Å². The second kappa shape index (κ2) is 5.66. The van der Waals surface area contributed by atoms with Crippen molar-refractivity contribution in [2.75, 3.05) is 7.11 Å². The minimum atomic E-state index is -0.757. The van der Waals surface area contributed by atoms with Crippen LogP contribution in [0.3, 0.4) is 0 Å². The monoisotopic (exact) mass is 386 g/mol. The fourth-order valence-corrected chi connectivity index (χ4v) is 2.68. The molecule has 0 fully saturated rings. The van der Waals surface area contributed by atoms with Crippen LogP contribution in [-0.4, -0.2) is 22.9 Å². The lowest BCUT2D eigenvalue weighted by Gasteiger charge is -2.08. The van der Waals surface area contributed by atoms with Crippen molar-refractivity contribution in [3.8, 4) is 5.69 Å². The van der Waals surface area contributed by atoms with E-state index in [0.717, 1.165) is 8.95 Å². The highest BCUT2D eigenvalue weighted by Crippen LogP contribution is 2.24. The molecule has 2 rings (SSSR count). The van der Waals surface area contributed by atoms with Crippen molar-refractivity contribution < 1.29 is 9.53 Å². The largest absolute Gasteiger partial charge is 0.464 e. The molecule has 0 radical (unpaired) electrons. The van der Waals surface area contributed by atoms with Gasteiger partial charge in [-0.15, -0.1) is 0 Å². The lowest BCUT2D eigenvalue weighted by molar-refractivity contribution is 0.0590. The second-order valence-electron chi connectivity index (χ2n) is 3.56. The Morgan fingerprint density at radius 3 is 2.68 bits per heavy atom. The summed E-state index contributed by atoms with van der Waals surface area (Å²) in [5.41, 5.74) is -0.0236. The van der Waals surface area contributed by atoms with Gasteiger partial charge >= 0.3 is 5.97 Å². The van der Waals surface area contributed by atoms with Crippen LogP contribution in [0.15, 0.2) is 44.2 Å². The molecule has 19 heavy (non-hydrogen) atoms. The van der Waals surface area contributed by atoms with Gasteiger partial charge in [-0.1, -0.05) is 15.9 Å². The average Bonchev–Trinajstić information content (AvgIpc) is 2.39. The molecule has 1 aromatic carbocycles. The molecule has 0 atom stereocenters. The number of ether oxygens (including phenoxy) is 1. The van der Waals surface area contributed by atoms with Crippen molar-refractivity contribution in [2.45, 2.75) is 0 Å². The summed E-state index contributed by atoms with van der Waals surface area (Å²) in [6.07, 6.45) is 1.49. The van der Waals surface area contributed by atoms with E-state index in [1.165, 1.54) is 24.1 Å². The number of halogens is 2. The number of esters is 1. The summed E-state index contributed by atoms with van der Waals surface area (Å²) in [6, 6.07) is 6.74. The van der Waals surface area contributed by atoms with Gasteiger partial charge < -0.3 is 4.74 Å². The third-order valence-electron chi connectivity index (χ3n) is 2.34. The van der Waals surface area contributed by atoms with E-state index in [0.29, 0.717) is 5.69 Å². The van der Waals surface area contributed by atoms with E-state index < -0.39 is 11.4 Å². The van der Waals surface area contributed by atoms with Crippen molar-refractivity contribution in [1.29, 1.82) is 0 Å². The molecule has 0 bridgehead atoms. The summed E-state index contributed by atoms with van der Waals surface area (Å²) in [7, 11) is 1.20. The Bertz CT molecular complexity index is 698. The van der Waals surface area contributed by atoms with Crippen LogP contribution < -0.4 is 5.43 Å². The van der Waals surface area contributed by atoms with Crippen LogP contribution >= 0.6 is 31.9 Å². The molecule has 2 aromatic rings. The van der Waals surface area contributed by atoms with Gasteiger partial charge in [0.05, 0.1) is 12.8 Å². The second-order valence-corrected chi connectivity index (χ2v) is 5.33. The molecule has 0 N–H and O–H groups in total. The van der Waals surface area contributed by atoms with Gasteiger partial charge in [0.1, 0.15) is 0 Å². The van der Waals surface area contributed by atoms with Crippen molar-refractivity contribution in [2.24, 2.45) is 0 Å². The lowest BCUT2D eigenvalue weighted by atomic mass is 10.3. The molecule has 0 aliphatic rings. The number of methoxy groups -OCH3 is 1. The lowest BCUT2D eigenvalue weighted by Crippen LogP contribution is -2.21. The van der Waals surface area contributed by atoms with Gasteiger partial charge in [0.2, 0.25) is 11.1 Å². The fourth-order valence-electron chi connectivity index (χ4n) is 1.45. The summed E-state index contributed by atoms with van der Waals surface area (Å²) in [5, 5.41) is 3.99. The smallest absolute Gasteiger partial charge is 0.362 e. The van der Waals surface area contributed by atoms with Crippen LogP contribution in [0.25, 0.3) is 5.69 Å². The normalized spacial score (nSPS) is 10.3. The zero-order valence-corrected chi connectivity index (χ0v) is 12.9. The third-order valence-corrected chi connectivity index (χ3v) is 3.47. The first kappa shape index (κ1) is 14.0. The molecule has 1 aromatic heterocycles. The Balaban J connectivity index is 2.57. The number of aromatic nitrogens is 2. The number of carbonyl (C=O) groups is 1. The predicted molar refractivity (Wildman–Crippen MR) is 76.6 cm³/mol. The Morgan fingerprint density at radius 1 is 1.32 bits per heavy atom. The maximum absolute atomic E-state index is 11.5. The van der Waals surface area contributed by atoms with E-state index in [4.69, 9.17) is 0 Å². The standard InChI is InChI=1S/C12H8Br2N2O3/c1-19-12(18)11-10(17)4-5-16(15-11)9-3-2-7(13)6-8(9)14/h2-6H,1H3. The highest BCUT2D eigenvalue weighted by molar-refractivity contribution is 9.11. The molecule has 1 heterocycles. The Hall–Kier alpha value is -1.47. The van der Waals surface area contributed by atoms with Gasteiger partial charge in [0.15, 0.2) is 0 Å². The zero-order valence-electron chi connectivity index (χ0n) is 9.76. The van der Waals surface area contributed by atoms with E-state index in [1.807, 2.05) is 12.1 Å². The Kier molecular flexibility index (Phi) is 4.16. The molecule has 98 valence electrons. The van der Waals surface area contributed by atoms with Crippen LogP contribution in [0, 0.1) is 0 Å². The van der Waals surface area contributed by atoms with Crippen LogP contribution in [0.5, 0.6) is 0 Å². The summed E-state index contributed by atoms with van der Waals surface area (Å²) >= 11 is 6.74. The van der Waals surface area contributed by atoms with E-state index in [-0.39, 0.29) is 5.69 Å². The maximum atomic E-state index is 11.5. The first-order chi connectivity index (χ1) is 9.02. The molecular weight excluding hydrogens is 380 g/mol. The molecule has 0 saturated carbocycles. The summed E-state index contributed by atoms with van der Waals surface area (Å²) < 4.78 is 7.63. The summed E-state index contributed by atoms with van der Waals surface area (Å²) in [5.74, 6) is -0.757. The molecular formula is C12H8Br2N2O3. The van der Waals surface area contributed by atoms with Crippen molar-refractivity contribution in [3.63, 3.8) is 0 Å². The molecule has 5 nitrogen and oxygen atoms in total. The van der Waals surface area contributed by atoms with E-state index in [9.17, 15) is 9.59 Å². The van der Waals surface area contributed by atoms with Crippen LogP contribution in [0.2, 0.25) is 0 Å². The van der Waals surface area contributed by atoms with Gasteiger partial charge in [0, 0.05) is 21.2 Å². The number of rotatable bonds is 2. The summed E-state index contributed by atoms with van der Waals surface area (Å²) in [4.78, 5) is 23.0. The molecule has 0 aliphatic carbocycles. The van der Waals surface area contributed by atoms with Crippen LogP contribution in [0.4, 0.5) is 0 Å². The van der Waals surface area contributed by atoms with Gasteiger partial charge in [0.25, 0.3) is 0 Å². The van der Waals surface area contributed by atoms with Crippen molar-refractivity contribution in [3.05, 3.63) is 55.3 Å². The van der Waals surface area contributed by atoms with Crippen LogP contribution in [-0.2, 0) is 4.74 Å². The van der Waals surface area contributed by atoms with E-state index in [2.05, 4.69) is 41.7 Å². The van der Waals surface area contributed by atoms with Crippen LogP contribution in [0.1, 0.15) is 10.5 Å². The number of benzene rings is 1. The average molecular weight is 388 g/mol. The van der Waals surface area contributed by atoms with Gasteiger partial charge in [-0.25, -0.2) is 9.48 Å². The molecule has 0 saturated heterocycles. The predicted octanol–water partition coefficient (Wildman–Crippen LogP) is 2.54. The Morgan fingerprint density at radius 2 is 2.05 bits per heavy atom. The topological polar surface area (TPSA) is 61.2 Å². The van der Waals surface area contributed by atoms with Gasteiger partial charge in [-0.3, -0.25) is 4.79 Å². The molecule has 0 aliphatic heterocycles. The number of nitrogens with zero attached hydrogens (tertiary/aromatic N) is 2.